The highest BCUT2D eigenvalue weighted by Gasteiger charge is 2.12. The normalized spacial score (nSPS) is 10.5. The monoisotopic (exact) mass is 261 g/mol. The molecule has 0 saturated heterocycles. The van der Waals surface area contributed by atoms with Crippen molar-refractivity contribution in [1.82, 2.24) is 9.78 Å². The first-order valence-corrected chi connectivity index (χ1v) is 5.76. The molecule has 0 radical (unpaired) electrons. The van der Waals surface area contributed by atoms with Crippen molar-refractivity contribution >= 4 is 11.4 Å². The zero-order chi connectivity index (χ0) is 14.0. The predicted molar refractivity (Wildman–Crippen MR) is 71.7 cm³/mol. The second-order valence-electron chi connectivity index (χ2n) is 4.33. The Morgan fingerprint density at radius 2 is 2.16 bits per heavy atom. The van der Waals surface area contributed by atoms with Gasteiger partial charge in [-0.05, 0) is 26.0 Å². The van der Waals surface area contributed by atoms with Gasteiger partial charge in [-0.15, -0.1) is 0 Å². The lowest BCUT2D eigenvalue weighted by atomic mass is 10.1. The molecular weight excluding hydrogens is 246 g/mol. The van der Waals surface area contributed by atoms with Gasteiger partial charge >= 0.3 is 0 Å². The molecule has 0 unspecified atom stereocenters. The summed E-state index contributed by atoms with van der Waals surface area (Å²) in [6, 6.07) is 6.47. The molecule has 2 aromatic rings. The Morgan fingerprint density at radius 1 is 1.42 bits per heavy atom. The fraction of sp³-hybridized carbons (Fsp3) is 0.250. The first kappa shape index (κ1) is 13.0. The van der Waals surface area contributed by atoms with Gasteiger partial charge in [-0.1, -0.05) is 0 Å². The van der Waals surface area contributed by atoms with E-state index in [9.17, 15) is 10.1 Å². The fourth-order valence-electron chi connectivity index (χ4n) is 1.96. The zero-order valence-corrected chi connectivity index (χ0v) is 10.8. The number of non-ortho nitro benzene ring substituents is 1. The van der Waals surface area contributed by atoms with Crippen LogP contribution >= 0.6 is 0 Å². The molecule has 0 aliphatic heterocycles. The van der Waals surface area contributed by atoms with Crippen molar-refractivity contribution in [2.45, 2.75) is 20.4 Å². The van der Waals surface area contributed by atoms with Crippen LogP contribution in [0.4, 0.5) is 11.4 Å². The number of rotatable bonds is 4. The van der Waals surface area contributed by atoms with E-state index in [2.05, 4.69) is 10.5 Å². The maximum atomic E-state index is 10.8. The molecule has 0 bridgehead atoms. The highest BCUT2D eigenvalue weighted by Crippen LogP contribution is 2.22. The van der Waals surface area contributed by atoms with E-state index in [-0.39, 0.29) is 5.69 Å². The van der Waals surface area contributed by atoms with Crippen LogP contribution in [-0.2, 0) is 6.54 Å². The summed E-state index contributed by atoms with van der Waals surface area (Å²) in [4.78, 5) is 10.4. The molecular formula is C12H15N5O2. The van der Waals surface area contributed by atoms with Crippen molar-refractivity contribution in [1.29, 1.82) is 0 Å². The molecule has 7 heteroatoms. The summed E-state index contributed by atoms with van der Waals surface area (Å²) in [7, 11) is 0. The number of nitrogens with one attached hydrogen (secondary N) is 1. The number of nitrogen functional groups attached to an aromatic ring is 1. The Hall–Kier alpha value is -2.41. The molecule has 0 fully saturated rings. The van der Waals surface area contributed by atoms with Gasteiger partial charge in [0.25, 0.3) is 5.69 Å². The zero-order valence-electron chi connectivity index (χ0n) is 10.8. The highest BCUT2D eigenvalue weighted by molar-refractivity contribution is 5.55. The highest BCUT2D eigenvalue weighted by atomic mass is 16.6. The summed E-state index contributed by atoms with van der Waals surface area (Å²) in [6.07, 6.45) is 0. The Bertz CT molecular complexity index is 621. The number of hydrogen-bond acceptors (Lipinski definition) is 5. The van der Waals surface area contributed by atoms with E-state index in [1.807, 2.05) is 19.9 Å². The number of hydrogen-bond donors (Lipinski definition) is 2. The van der Waals surface area contributed by atoms with E-state index < -0.39 is 4.92 Å². The third-order valence-electron chi connectivity index (χ3n) is 2.88. The van der Waals surface area contributed by atoms with Crippen molar-refractivity contribution in [3.8, 4) is 0 Å². The van der Waals surface area contributed by atoms with Crippen LogP contribution in [0.3, 0.4) is 0 Å². The molecule has 100 valence electrons. The van der Waals surface area contributed by atoms with Crippen molar-refractivity contribution in [2.75, 3.05) is 5.43 Å². The number of nitrogens with zero attached hydrogens (tertiary/aromatic N) is 3. The Labute approximate surface area is 110 Å². The van der Waals surface area contributed by atoms with Crippen molar-refractivity contribution < 1.29 is 4.92 Å². The van der Waals surface area contributed by atoms with E-state index in [0.717, 1.165) is 17.0 Å². The Morgan fingerprint density at radius 3 is 2.68 bits per heavy atom. The average molecular weight is 261 g/mol. The van der Waals surface area contributed by atoms with Gasteiger partial charge in [0.1, 0.15) is 0 Å². The Kier molecular flexibility index (Phi) is 3.48. The van der Waals surface area contributed by atoms with E-state index >= 15 is 0 Å². The van der Waals surface area contributed by atoms with Crippen LogP contribution in [0.2, 0.25) is 0 Å². The molecule has 0 aliphatic carbocycles. The maximum absolute atomic E-state index is 10.8. The molecule has 1 aromatic heterocycles. The number of nitro benzene ring substituents is 1. The first-order chi connectivity index (χ1) is 9.01. The van der Waals surface area contributed by atoms with Gasteiger partial charge in [0, 0.05) is 23.4 Å². The van der Waals surface area contributed by atoms with Gasteiger partial charge in [0.15, 0.2) is 0 Å². The quantitative estimate of drug-likeness (QED) is 0.496. The fourth-order valence-corrected chi connectivity index (χ4v) is 1.96. The topological polar surface area (TPSA) is 99.0 Å². The molecule has 0 aliphatic rings. The van der Waals surface area contributed by atoms with E-state index in [1.54, 1.807) is 10.7 Å². The number of benzene rings is 1. The van der Waals surface area contributed by atoms with Crippen LogP contribution in [0.15, 0.2) is 24.3 Å². The molecule has 3 N–H and O–H groups in total. The molecule has 19 heavy (non-hydrogen) atoms. The number of aromatic nitrogens is 2. The summed E-state index contributed by atoms with van der Waals surface area (Å²) in [5.41, 5.74) is 5.86. The van der Waals surface area contributed by atoms with E-state index in [0.29, 0.717) is 12.2 Å². The Balaban J connectivity index is 2.39. The number of aryl methyl sites for hydroxylation is 2. The first-order valence-electron chi connectivity index (χ1n) is 5.76. The number of hydrazine groups is 1. The van der Waals surface area contributed by atoms with Gasteiger partial charge in [0.2, 0.25) is 0 Å². The van der Waals surface area contributed by atoms with Gasteiger partial charge in [0.05, 0.1) is 22.8 Å². The van der Waals surface area contributed by atoms with Crippen molar-refractivity contribution in [2.24, 2.45) is 5.84 Å². The molecule has 1 heterocycles. The van der Waals surface area contributed by atoms with Crippen LogP contribution in [0, 0.1) is 24.0 Å². The second-order valence-corrected chi connectivity index (χ2v) is 4.33. The van der Waals surface area contributed by atoms with Crippen LogP contribution in [0.5, 0.6) is 0 Å². The molecule has 0 spiro atoms. The standard InChI is InChI=1S/C12H15N5O2/c1-8-5-9(2)16(15-8)7-10-6-11(17(18)19)3-4-12(10)14-13/h3-6,14H,7,13H2,1-2H3. The van der Waals surface area contributed by atoms with Gasteiger partial charge in [-0.2, -0.15) is 5.10 Å². The minimum Gasteiger partial charge on any atom is -0.324 e. The summed E-state index contributed by atoms with van der Waals surface area (Å²) in [5, 5.41) is 15.1. The molecule has 1 aromatic carbocycles. The second kappa shape index (κ2) is 5.07. The molecule has 0 saturated carbocycles. The third-order valence-corrected chi connectivity index (χ3v) is 2.88. The van der Waals surface area contributed by atoms with Crippen LogP contribution < -0.4 is 11.3 Å². The third kappa shape index (κ3) is 2.71. The maximum Gasteiger partial charge on any atom is 0.269 e. The van der Waals surface area contributed by atoms with Gasteiger partial charge < -0.3 is 5.43 Å². The van der Waals surface area contributed by atoms with Crippen LogP contribution in [-0.4, -0.2) is 14.7 Å². The summed E-state index contributed by atoms with van der Waals surface area (Å²) in [5.74, 6) is 5.42. The molecule has 7 nitrogen and oxygen atoms in total. The largest absolute Gasteiger partial charge is 0.324 e. The SMILES string of the molecule is Cc1cc(C)n(Cc2cc([N+](=O)[O-])ccc2NN)n1. The van der Waals surface area contributed by atoms with Gasteiger partial charge in [-0.25, -0.2) is 0 Å². The summed E-state index contributed by atoms with van der Waals surface area (Å²) < 4.78 is 1.79. The molecule has 0 amide bonds. The van der Waals surface area contributed by atoms with Crippen molar-refractivity contribution in [3.05, 3.63) is 51.3 Å². The summed E-state index contributed by atoms with van der Waals surface area (Å²) >= 11 is 0. The average Bonchev–Trinajstić information content (AvgIpc) is 2.67. The molecule has 2 rings (SSSR count). The van der Waals surface area contributed by atoms with E-state index in [4.69, 9.17) is 5.84 Å². The smallest absolute Gasteiger partial charge is 0.269 e. The lowest BCUT2D eigenvalue weighted by molar-refractivity contribution is -0.384. The number of anilines is 1. The van der Waals surface area contributed by atoms with Gasteiger partial charge in [-0.3, -0.25) is 20.6 Å². The lowest BCUT2D eigenvalue weighted by Crippen LogP contribution is -2.12. The number of nitrogens with two attached hydrogens (primary N) is 1. The van der Waals surface area contributed by atoms with Crippen LogP contribution in [0.25, 0.3) is 0 Å². The predicted octanol–water partition coefficient (Wildman–Crippen LogP) is 1.74. The minimum atomic E-state index is -0.426. The lowest BCUT2D eigenvalue weighted by Gasteiger charge is -2.10. The van der Waals surface area contributed by atoms with Crippen LogP contribution in [0.1, 0.15) is 17.0 Å². The van der Waals surface area contributed by atoms with Crippen molar-refractivity contribution in [3.63, 3.8) is 0 Å². The molecule has 0 atom stereocenters. The van der Waals surface area contributed by atoms with E-state index in [1.165, 1.54) is 12.1 Å². The summed E-state index contributed by atoms with van der Waals surface area (Å²) in [6.45, 7) is 4.27. The number of nitro groups is 1. The minimum absolute atomic E-state index is 0.0375.